The minimum absolute atomic E-state index is 0.317. The molecule has 2 aromatic carbocycles. The molecule has 0 aromatic heterocycles. The zero-order valence-corrected chi connectivity index (χ0v) is 12.8. The third kappa shape index (κ3) is 4.02. The molecule has 5 nitrogen and oxygen atoms in total. The van der Waals surface area contributed by atoms with Crippen molar-refractivity contribution in [1.29, 1.82) is 0 Å². The molecule has 120 valence electrons. The predicted octanol–water partition coefficient (Wildman–Crippen LogP) is 2.52. The average molecular weight is 312 g/mol. The van der Waals surface area contributed by atoms with Crippen molar-refractivity contribution in [3.8, 4) is 5.75 Å². The lowest BCUT2D eigenvalue weighted by atomic mass is 10.1. The zero-order chi connectivity index (χ0) is 16.1. The van der Waals surface area contributed by atoms with Crippen LogP contribution < -0.4 is 15.4 Å². The predicted molar refractivity (Wildman–Crippen MR) is 89.2 cm³/mol. The number of aromatic carboxylic acids is 1. The van der Waals surface area contributed by atoms with E-state index < -0.39 is 5.97 Å². The van der Waals surface area contributed by atoms with Crippen LogP contribution in [0.25, 0.3) is 0 Å². The van der Waals surface area contributed by atoms with Gasteiger partial charge in [-0.25, -0.2) is 4.79 Å². The lowest BCUT2D eigenvalue weighted by Gasteiger charge is -2.19. The normalized spacial score (nSPS) is 12.9. The van der Waals surface area contributed by atoms with Crippen molar-refractivity contribution in [3.63, 3.8) is 0 Å². The summed E-state index contributed by atoms with van der Waals surface area (Å²) in [5, 5.41) is 15.6. The van der Waals surface area contributed by atoms with Crippen molar-refractivity contribution >= 4 is 11.7 Å². The molecule has 0 fully saturated rings. The van der Waals surface area contributed by atoms with E-state index in [1.807, 2.05) is 18.2 Å². The Bertz CT molecular complexity index is 683. The third-order valence-corrected chi connectivity index (χ3v) is 3.84. The number of fused-ring (bicyclic) bond motifs is 1. The highest BCUT2D eigenvalue weighted by atomic mass is 16.5. The number of carboxylic acids is 1. The minimum Gasteiger partial charge on any atom is -0.490 e. The van der Waals surface area contributed by atoms with Crippen LogP contribution in [0.4, 0.5) is 5.69 Å². The molecule has 0 aliphatic carbocycles. The molecule has 1 aliphatic heterocycles. The van der Waals surface area contributed by atoms with Gasteiger partial charge in [0, 0.05) is 13.1 Å². The molecule has 0 bridgehead atoms. The fraction of sp³-hybridized carbons (Fsp3) is 0.278. The average Bonchev–Trinajstić information content (AvgIpc) is 2.59. The van der Waals surface area contributed by atoms with Gasteiger partial charge in [-0.1, -0.05) is 18.2 Å². The molecule has 5 heteroatoms. The van der Waals surface area contributed by atoms with Crippen LogP contribution in [0.1, 0.15) is 21.5 Å². The van der Waals surface area contributed by atoms with Crippen LogP contribution in [0.5, 0.6) is 5.75 Å². The molecule has 0 unspecified atom stereocenters. The maximum absolute atomic E-state index is 10.8. The van der Waals surface area contributed by atoms with Crippen molar-refractivity contribution < 1.29 is 14.6 Å². The van der Waals surface area contributed by atoms with E-state index in [2.05, 4.69) is 22.8 Å². The topological polar surface area (TPSA) is 70.6 Å². The number of benzene rings is 2. The quantitative estimate of drug-likeness (QED) is 0.715. The Morgan fingerprint density at radius 2 is 1.96 bits per heavy atom. The number of hydrogen-bond acceptors (Lipinski definition) is 4. The number of ether oxygens (including phenoxy) is 1. The Morgan fingerprint density at radius 1 is 1.17 bits per heavy atom. The molecule has 0 amide bonds. The standard InChI is InChI=1S/C18H20N2O3/c21-18(22)15-4-1-14(2-5-15)12-19-8-7-13-3-6-17-16(11-13)20-9-10-23-17/h1-6,11,19-20H,7-10,12H2,(H,21,22). The lowest BCUT2D eigenvalue weighted by molar-refractivity contribution is 0.0697. The highest BCUT2D eigenvalue weighted by Crippen LogP contribution is 2.28. The van der Waals surface area contributed by atoms with Gasteiger partial charge in [-0.05, 0) is 48.4 Å². The van der Waals surface area contributed by atoms with Gasteiger partial charge >= 0.3 is 5.97 Å². The summed E-state index contributed by atoms with van der Waals surface area (Å²) in [5.41, 5.74) is 3.72. The van der Waals surface area contributed by atoms with Gasteiger partial charge in [0.1, 0.15) is 12.4 Å². The van der Waals surface area contributed by atoms with Gasteiger partial charge in [-0.15, -0.1) is 0 Å². The SMILES string of the molecule is O=C(O)c1ccc(CNCCc2ccc3c(c2)NCCO3)cc1. The van der Waals surface area contributed by atoms with E-state index in [9.17, 15) is 4.79 Å². The van der Waals surface area contributed by atoms with Gasteiger partial charge in [-0.3, -0.25) is 0 Å². The molecule has 0 radical (unpaired) electrons. The number of anilines is 1. The number of carbonyl (C=O) groups is 1. The summed E-state index contributed by atoms with van der Waals surface area (Å²) >= 11 is 0. The van der Waals surface area contributed by atoms with Gasteiger partial charge < -0.3 is 20.5 Å². The Morgan fingerprint density at radius 3 is 2.74 bits per heavy atom. The molecule has 3 N–H and O–H groups in total. The fourth-order valence-corrected chi connectivity index (χ4v) is 2.57. The number of rotatable bonds is 6. The number of hydrogen-bond donors (Lipinski definition) is 3. The van der Waals surface area contributed by atoms with Crippen molar-refractivity contribution in [2.45, 2.75) is 13.0 Å². The molecule has 0 atom stereocenters. The van der Waals surface area contributed by atoms with Crippen LogP contribution in [0.3, 0.4) is 0 Å². The van der Waals surface area contributed by atoms with Gasteiger partial charge in [0.25, 0.3) is 0 Å². The van der Waals surface area contributed by atoms with E-state index in [1.165, 1.54) is 5.56 Å². The molecule has 1 heterocycles. The first kappa shape index (κ1) is 15.4. The second-order valence-electron chi connectivity index (χ2n) is 5.53. The van der Waals surface area contributed by atoms with Crippen molar-refractivity contribution in [2.75, 3.05) is 25.0 Å². The monoisotopic (exact) mass is 312 g/mol. The molecular weight excluding hydrogens is 292 g/mol. The Kier molecular flexibility index (Phi) is 4.78. The summed E-state index contributed by atoms with van der Waals surface area (Å²) in [6.45, 7) is 3.15. The maximum atomic E-state index is 10.8. The third-order valence-electron chi connectivity index (χ3n) is 3.84. The van der Waals surface area contributed by atoms with E-state index in [1.54, 1.807) is 12.1 Å². The molecule has 0 spiro atoms. The maximum Gasteiger partial charge on any atom is 0.335 e. The first-order valence-electron chi connectivity index (χ1n) is 7.75. The molecular formula is C18H20N2O3. The van der Waals surface area contributed by atoms with Crippen LogP contribution in [0.2, 0.25) is 0 Å². The summed E-state index contributed by atoms with van der Waals surface area (Å²) < 4.78 is 5.57. The second-order valence-corrected chi connectivity index (χ2v) is 5.53. The highest BCUT2D eigenvalue weighted by Gasteiger charge is 2.09. The summed E-state index contributed by atoms with van der Waals surface area (Å²) in [6.07, 6.45) is 0.933. The van der Waals surface area contributed by atoms with Gasteiger partial charge in [0.05, 0.1) is 11.3 Å². The van der Waals surface area contributed by atoms with E-state index >= 15 is 0 Å². The molecule has 23 heavy (non-hydrogen) atoms. The summed E-state index contributed by atoms with van der Waals surface area (Å²) in [7, 11) is 0. The lowest BCUT2D eigenvalue weighted by Crippen LogP contribution is -2.19. The van der Waals surface area contributed by atoms with Crippen LogP contribution in [0.15, 0.2) is 42.5 Å². The summed E-state index contributed by atoms with van der Waals surface area (Å²) in [5.74, 6) is 0.0287. The number of nitrogens with one attached hydrogen (secondary N) is 2. The van der Waals surface area contributed by atoms with E-state index in [-0.39, 0.29) is 0 Å². The van der Waals surface area contributed by atoms with Gasteiger partial charge in [0.2, 0.25) is 0 Å². The first-order chi connectivity index (χ1) is 11.2. The van der Waals surface area contributed by atoms with E-state index in [0.717, 1.165) is 43.1 Å². The van der Waals surface area contributed by atoms with Crippen LogP contribution in [0, 0.1) is 0 Å². The van der Waals surface area contributed by atoms with Crippen molar-refractivity contribution in [3.05, 3.63) is 59.2 Å². The van der Waals surface area contributed by atoms with Crippen LogP contribution >= 0.6 is 0 Å². The minimum atomic E-state index is -0.894. The Hall–Kier alpha value is -2.53. The van der Waals surface area contributed by atoms with Crippen LogP contribution in [-0.4, -0.2) is 30.8 Å². The van der Waals surface area contributed by atoms with Crippen LogP contribution in [-0.2, 0) is 13.0 Å². The largest absolute Gasteiger partial charge is 0.490 e. The van der Waals surface area contributed by atoms with Crippen molar-refractivity contribution in [2.24, 2.45) is 0 Å². The number of carboxylic acid groups (broad SMARTS) is 1. The molecule has 0 saturated carbocycles. The molecule has 0 saturated heterocycles. The second kappa shape index (κ2) is 7.15. The highest BCUT2D eigenvalue weighted by molar-refractivity contribution is 5.87. The van der Waals surface area contributed by atoms with E-state index in [0.29, 0.717) is 12.2 Å². The first-order valence-corrected chi connectivity index (χ1v) is 7.75. The van der Waals surface area contributed by atoms with Gasteiger partial charge in [0.15, 0.2) is 0 Å². The zero-order valence-electron chi connectivity index (χ0n) is 12.8. The Labute approximate surface area is 135 Å². The van der Waals surface area contributed by atoms with Gasteiger partial charge in [-0.2, -0.15) is 0 Å². The van der Waals surface area contributed by atoms with Crippen molar-refractivity contribution in [1.82, 2.24) is 5.32 Å². The van der Waals surface area contributed by atoms with E-state index in [4.69, 9.17) is 9.84 Å². The molecule has 2 aromatic rings. The Balaban J connectivity index is 1.47. The molecule has 1 aliphatic rings. The smallest absolute Gasteiger partial charge is 0.335 e. The molecule has 3 rings (SSSR count). The fourth-order valence-electron chi connectivity index (χ4n) is 2.57. The summed E-state index contributed by atoms with van der Waals surface area (Å²) in [4.78, 5) is 10.8. The summed E-state index contributed by atoms with van der Waals surface area (Å²) in [6, 6.07) is 13.2.